The fraction of sp³-hybridized carbons (Fsp3) is 0.615. The Morgan fingerprint density at radius 3 is 2.53 bits per heavy atom. The van der Waals surface area contributed by atoms with Crippen LogP contribution in [0, 0.1) is 0 Å². The van der Waals surface area contributed by atoms with Gasteiger partial charge in [0, 0.05) is 6.04 Å². The largest absolute Gasteiger partial charge is 0.405 e. The lowest BCUT2D eigenvalue weighted by Gasteiger charge is -2.25. The number of pyridine rings is 1. The summed E-state index contributed by atoms with van der Waals surface area (Å²) < 4.78 is 37.6. The monoisotopic (exact) mass is 274 g/mol. The van der Waals surface area contributed by atoms with E-state index in [-0.39, 0.29) is 6.04 Å². The van der Waals surface area contributed by atoms with Crippen LogP contribution in [0.1, 0.15) is 38.0 Å². The van der Waals surface area contributed by atoms with Crippen molar-refractivity contribution in [3.05, 3.63) is 24.0 Å². The van der Waals surface area contributed by atoms with E-state index in [1.807, 2.05) is 6.92 Å². The first kappa shape index (κ1) is 14.1. The van der Waals surface area contributed by atoms with Crippen molar-refractivity contribution in [1.29, 1.82) is 0 Å². The van der Waals surface area contributed by atoms with E-state index in [1.165, 1.54) is 11.1 Å². The lowest BCUT2D eigenvalue weighted by molar-refractivity contribution is -0.120. The minimum Gasteiger partial charge on any atom is -0.387 e. The summed E-state index contributed by atoms with van der Waals surface area (Å²) in [6.07, 6.45) is -1.36. The van der Waals surface area contributed by atoms with Crippen LogP contribution in [-0.4, -0.2) is 28.9 Å². The van der Waals surface area contributed by atoms with Crippen LogP contribution in [0.2, 0.25) is 0 Å². The first-order chi connectivity index (χ1) is 8.90. The Kier molecular flexibility index (Phi) is 3.99. The molecule has 1 fully saturated rings. The Morgan fingerprint density at radius 1 is 1.42 bits per heavy atom. The van der Waals surface area contributed by atoms with Crippen LogP contribution in [0.5, 0.6) is 0 Å². The van der Waals surface area contributed by atoms with Crippen molar-refractivity contribution < 1.29 is 18.3 Å². The molecular weight excluding hydrogens is 257 g/mol. The van der Waals surface area contributed by atoms with Crippen LogP contribution in [0.15, 0.2) is 18.3 Å². The van der Waals surface area contributed by atoms with Gasteiger partial charge >= 0.3 is 6.18 Å². The van der Waals surface area contributed by atoms with Gasteiger partial charge in [0.25, 0.3) is 0 Å². The molecule has 1 N–H and O–H groups in total. The second kappa shape index (κ2) is 5.36. The predicted octanol–water partition coefficient (Wildman–Crippen LogP) is 3.06. The van der Waals surface area contributed by atoms with Gasteiger partial charge in [0.05, 0.1) is 23.7 Å². The normalized spacial score (nSPS) is 17.3. The Morgan fingerprint density at radius 2 is 2.11 bits per heavy atom. The van der Waals surface area contributed by atoms with Crippen LogP contribution >= 0.6 is 0 Å². The Labute approximate surface area is 110 Å². The van der Waals surface area contributed by atoms with Crippen molar-refractivity contribution in [2.75, 3.05) is 11.4 Å². The number of hydrogen-bond acceptors (Lipinski definition) is 3. The number of nitrogens with zero attached hydrogens (tertiary/aromatic N) is 2. The van der Waals surface area contributed by atoms with Crippen LogP contribution in [0.4, 0.5) is 18.9 Å². The predicted molar refractivity (Wildman–Crippen MR) is 65.9 cm³/mol. The third-order valence-corrected chi connectivity index (χ3v) is 3.17. The molecule has 0 aromatic carbocycles. The van der Waals surface area contributed by atoms with Gasteiger partial charge in [0.1, 0.15) is 6.54 Å². The van der Waals surface area contributed by atoms with Crippen LogP contribution in [0.3, 0.4) is 0 Å². The number of halogens is 3. The van der Waals surface area contributed by atoms with Gasteiger partial charge in [-0.1, -0.05) is 6.92 Å². The number of alkyl halides is 3. The molecule has 0 spiro atoms. The molecule has 1 aromatic rings. The van der Waals surface area contributed by atoms with Crippen molar-refractivity contribution in [2.45, 2.75) is 44.5 Å². The van der Waals surface area contributed by atoms with Crippen molar-refractivity contribution in [3.63, 3.8) is 0 Å². The minimum atomic E-state index is -4.22. The maximum Gasteiger partial charge on any atom is 0.405 e. The number of aliphatic hydroxyl groups excluding tert-OH is 1. The Balaban J connectivity index is 2.13. The van der Waals surface area contributed by atoms with Gasteiger partial charge in [-0.3, -0.25) is 4.98 Å². The highest BCUT2D eigenvalue weighted by Gasteiger charge is 2.38. The van der Waals surface area contributed by atoms with Gasteiger partial charge in [0.15, 0.2) is 0 Å². The summed E-state index contributed by atoms with van der Waals surface area (Å²) >= 11 is 0. The van der Waals surface area contributed by atoms with Crippen molar-refractivity contribution in [3.8, 4) is 0 Å². The first-order valence-corrected chi connectivity index (χ1v) is 6.38. The van der Waals surface area contributed by atoms with E-state index in [2.05, 4.69) is 4.98 Å². The topological polar surface area (TPSA) is 36.4 Å². The summed E-state index contributed by atoms with van der Waals surface area (Å²) in [6.45, 7) is 0.870. The molecule has 0 bridgehead atoms. The molecule has 0 saturated heterocycles. The molecule has 1 aliphatic rings. The lowest BCUT2D eigenvalue weighted by Crippen LogP contribution is -2.36. The van der Waals surface area contributed by atoms with Crippen LogP contribution in [0.25, 0.3) is 0 Å². The van der Waals surface area contributed by atoms with E-state index in [1.54, 1.807) is 12.1 Å². The molecule has 1 saturated carbocycles. The minimum absolute atomic E-state index is 0.0367. The summed E-state index contributed by atoms with van der Waals surface area (Å²) in [5, 5.41) is 9.61. The van der Waals surface area contributed by atoms with Crippen LogP contribution in [-0.2, 0) is 0 Å². The average Bonchev–Trinajstić information content (AvgIpc) is 3.18. The van der Waals surface area contributed by atoms with E-state index in [4.69, 9.17) is 0 Å². The van der Waals surface area contributed by atoms with E-state index in [0.717, 1.165) is 12.8 Å². The van der Waals surface area contributed by atoms with E-state index < -0.39 is 18.8 Å². The average molecular weight is 274 g/mol. The zero-order valence-electron chi connectivity index (χ0n) is 10.7. The smallest absolute Gasteiger partial charge is 0.387 e. The molecule has 0 amide bonds. The van der Waals surface area contributed by atoms with Gasteiger partial charge in [-0.25, -0.2) is 0 Å². The number of rotatable bonds is 5. The maximum atomic E-state index is 12.5. The fourth-order valence-corrected chi connectivity index (χ4v) is 1.98. The third kappa shape index (κ3) is 3.83. The molecule has 0 aliphatic heterocycles. The molecule has 1 heterocycles. The lowest BCUT2D eigenvalue weighted by atomic mass is 10.2. The maximum absolute atomic E-state index is 12.5. The van der Waals surface area contributed by atoms with Gasteiger partial charge in [-0.05, 0) is 31.4 Å². The number of hydrogen-bond donors (Lipinski definition) is 1. The summed E-state index contributed by atoms with van der Waals surface area (Å²) in [5.74, 6) is 0. The first-order valence-electron chi connectivity index (χ1n) is 6.38. The molecular formula is C13H17F3N2O. The molecule has 1 unspecified atom stereocenters. The van der Waals surface area contributed by atoms with E-state index >= 15 is 0 Å². The quantitative estimate of drug-likeness (QED) is 0.896. The molecule has 19 heavy (non-hydrogen) atoms. The van der Waals surface area contributed by atoms with E-state index in [0.29, 0.717) is 17.8 Å². The van der Waals surface area contributed by atoms with Gasteiger partial charge in [0.2, 0.25) is 0 Å². The Hall–Kier alpha value is -1.30. The van der Waals surface area contributed by atoms with Crippen molar-refractivity contribution in [2.24, 2.45) is 0 Å². The summed E-state index contributed by atoms with van der Waals surface area (Å²) in [6, 6.07) is 3.16. The Bertz CT molecular complexity index is 415. The number of anilines is 1. The SMILES string of the molecule is CCC(O)c1ccc(N(CC(F)(F)F)C2CC2)cn1. The molecule has 3 nitrogen and oxygen atoms in total. The zero-order chi connectivity index (χ0) is 14.0. The second-order valence-corrected chi connectivity index (χ2v) is 4.84. The highest BCUT2D eigenvalue weighted by molar-refractivity contribution is 5.47. The molecule has 2 rings (SSSR count). The highest BCUT2D eigenvalue weighted by atomic mass is 19.4. The molecule has 0 radical (unpaired) electrons. The summed E-state index contributed by atoms with van der Waals surface area (Å²) in [5.41, 5.74) is 0.959. The third-order valence-electron chi connectivity index (χ3n) is 3.17. The fourth-order valence-electron chi connectivity index (χ4n) is 1.98. The van der Waals surface area contributed by atoms with Crippen LogP contribution < -0.4 is 4.90 Å². The second-order valence-electron chi connectivity index (χ2n) is 4.84. The zero-order valence-corrected chi connectivity index (χ0v) is 10.7. The molecule has 1 aromatic heterocycles. The highest BCUT2D eigenvalue weighted by Crippen LogP contribution is 2.34. The van der Waals surface area contributed by atoms with Gasteiger partial charge in [-0.15, -0.1) is 0 Å². The summed E-state index contributed by atoms with van der Waals surface area (Å²) in [7, 11) is 0. The molecule has 106 valence electrons. The summed E-state index contributed by atoms with van der Waals surface area (Å²) in [4.78, 5) is 5.39. The van der Waals surface area contributed by atoms with Gasteiger partial charge < -0.3 is 10.0 Å². The van der Waals surface area contributed by atoms with E-state index in [9.17, 15) is 18.3 Å². The van der Waals surface area contributed by atoms with Crippen molar-refractivity contribution >= 4 is 5.69 Å². The number of aliphatic hydroxyl groups is 1. The molecule has 1 atom stereocenters. The van der Waals surface area contributed by atoms with Gasteiger partial charge in [-0.2, -0.15) is 13.2 Å². The molecule has 6 heteroatoms. The number of aromatic nitrogens is 1. The molecule has 1 aliphatic carbocycles. The van der Waals surface area contributed by atoms with Crippen molar-refractivity contribution in [1.82, 2.24) is 4.98 Å². The standard InChI is InChI=1S/C13H17F3N2O/c1-2-12(19)11-6-5-10(7-17-11)18(9-3-4-9)8-13(14,15)16/h5-7,9,12,19H,2-4,8H2,1H3.